The maximum absolute atomic E-state index is 12.8. The van der Waals surface area contributed by atoms with Gasteiger partial charge in [-0.2, -0.15) is 0 Å². The Hall–Kier alpha value is -3.11. The lowest BCUT2D eigenvalue weighted by Gasteiger charge is -2.35. The van der Waals surface area contributed by atoms with E-state index in [-0.39, 0.29) is 41.9 Å². The van der Waals surface area contributed by atoms with Gasteiger partial charge in [0.1, 0.15) is 15.6 Å². The minimum atomic E-state index is -0.584. The summed E-state index contributed by atoms with van der Waals surface area (Å²) in [6.45, 7) is 8.48. The first kappa shape index (κ1) is 24.5. The number of esters is 2. The maximum Gasteiger partial charge on any atom is 0.348 e. The van der Waals surface area contributed by atoms with Crippen LogP contribution in [0.2, 0.25) is 0 Å². The Morgan fingerprint density at radius 2 is 1.61 bits per heavy atom. The van der Waals surface area contributed by atoms with E-state index in [9.17, 15) is 19.5 Å². The fraction of sp³-hybridized carbons (Fsp3) is 0.435. The molecule has 10 heteroatoms. The van der Waals surface area contributed by atoms with Gasteiger partial charge in [-0.3, -0.25) is 9.69 Å². The van der Waals surface area contributed by atoms with Crippen molar-refractivity contribution in [3.05, 3.63) is 40.3 Å². The van der Waals surface area contributed by atoms with Crippen LogP contribution in [-0.2, 0) is 14.3 Å². The summed E-state index contributed by atoms with van der Waals surface area (Å²) < 4.78 is 10.2. The van der Waals surface area contributed by atoms with Gasteiger partial charge in [0.15, 0.2) is 0 Å². The molecule has 1 aromatic heterocycles. The van der Waals surface area contributed by atoms with Gasteiger partial charge in [0, 0.05) is 31.9 Å². The number of amides is 1. The molecule has 2 heterocycles. The molecule has 0 atom stereocenters. The van der Waals surface area contributed by atoms with Gasteiger partial charge in [0.25, 0.3) is 0 Å². The van der Waals surface area contributed by atoms with Crippen molar-refractivity contribution in [1.82, 2.24) is 4.90 Å². The van der Waals surface area contributed by atoms with Crippen LogP contribution in [0.3, 0.4) is 0 Å². The van der Waals surface area contributed by atoms with Crippen LogP contribution in [0.15, 0.2) is 24.3 Å². The highest BCUT2D eigenvalue weighted by Gasteiger charge is 2.28. The number of aromatic hydroxyl groups is 1. The number of phenols is 1. The van der Waals surface area contributed by atoms with E-state index in [1.807, 2.05) is 17.0 Å². The van der Waals surface area contributed by atoms with Crippen molar-refractivity contribution in [1.29, 1.82) is 0 Å². The number of phenolic OH excluding ortho intramolecular Hbond substituents is 1. The van der Waals surface area contributed by atoms with Crippen LogP contribution < -0.4 is 10.2 Å². The number of carbonyl (C=O) groups is 3. The predicted octanol–water partition coefficient (Wildman–Crippen LogP) is 2.88. The third-order valence-corrected chi connectivity index (χ3v) is 6.48. The molecule has 0 unspecified atom stereocenters. The lowest BCUT2D eigenvalue weighted by molar-refractivity contribution is -0.117. The Morgan fingerprint density at radius 3 is 2.21 bits per heavy atom. The van der Waals surface area contributed by atoms with Gasteiger partial charge < -0.3 is 24.8 Å². The summed E-state index contributed by atoms with van der Waals surface area (Å²) in [5.74, 6) is -1.16. The molecule has 1 saturated heterocycles. The first-order valence-corrected chi connectivity index (χ1v) is 11.7. The molecular formula is C23H29N3O6S. The van der Waals surface area contributed by atoms with Crippen LogP contribution in [0.5, 0.6) is 5.75 Å². The normalized spacial score (nSPS) is 14.1. The molecule has 178 valence electrons. The largest absolute Gasteiger partial charge is 0.508 e. The molecule has 3 rings (SSSR count). The Labute approximate surface area is 196 Å². The van der Waals surface area contributed by atoms with Crippen molar-refractivity contribution < 1.29 is 29.0 Å². The molecule has 0 saturated carbocycles. The first-order valence-electron chi connectivity index (χ1n) is 10.9. The molecule has 0 radical (unpaired) electrons. The molecule has 0 spiro atoms. The zero-order valence-corrected chi connectivity index (χ0v) is 19.9. The van der Waals surface area contributed by atoms with Gasteiger partial charge in [-0.25, -0.2) is 9.59 Å². The summed E-state index contributed by atoms with van der Waals surface area (Å²) in [5.41, 5.74) is 1.65. The second-order valence-electron chi connectivity index (χ2n) is 7.53. The van der Waals surface area contributed by atoms with E-state index in [2.05, 4.69) is 10.2 Å². The highest BCUT2D eigenvalue weighted by atomic mass is 32.1. The smallest absolute Gasteiger partial charge is 0.348 e. The van der Waals surface area contributed by atoms with E-state index in [4.69, 9.17) is 9.47 Å². The molecule has 0 bridgehead atoms. The van der Waals surface area contributed by atoms with Crippen molar-refractivity contribution in [2.24, 2.45) is 0 Å². The highest BCUT2D eigenvalue weighted by Crippen LogP contribution is 2.34. The zero-order valence-electron chi connectivity index (χ0n) is 19.1. The van der Waals surface area contributed by atoms with Gasteiger partial charge >= 0.3 is 11.9 Å². The SMILES string of the molecule is CCOC(=O)c1sc(NC(=O)CN2CCN(c3ccc(O)cc3)CC2)c(C(=O)OCC)c1C. The van der Waals surface area contributed by atoms with E-state index < -0.39 is 11.9 Å². The molecule has 1 aliphatic heterocycles. The number of ether oxygens (including phenoxy) is 2. The molecule has 1 amide bonds. The molecule has 1 fully saturated rings. The monoisotopic (exact) mass is 475 g/mol. The summed E-state index contributed by atoms with van der Waals surface area (Å²) in [6.07, 6.45) is 0. The van der Waals surface area contributed by atoms with Gasteiger partial charge in [-0.05, 0) is 50.6 Å². The fourth-order valence-corrected chi connectivity index (χ4v) is 4.74. The first-order chi connectivity index (χ1) is 15.8. The predicted molar refractivity (Wildman–Crippen MR) is 126 cm³/mol. The highest BCUT2D eigenvalue weighted by molar-refractivity contribution is 7.18. The van der Waals surface area contributed by atoms with E-state index in [0.29, 0.717) is 23.7 Å². The number of nitrogens with one attached hydrogen (secondary N) is 1. The molecule has 2 N–H and O–H groups in total. The summed E-state index contributed by atoms with van der Waals surface area (Å²) in [6, 6.07) is 7.05. The topological polar surface area (TPSA) is 108 Å². The zero-order chi connectivity index (χ0) is 24.0. The number of carbonyl (C=O) groups excluding carboxylic acids is 3. The van der Waals surface area contributed by atoms with Crippen molar-refractivity contribution >= 4 is 39.9 Å². The lowest BCUT2D eigenvalue weighted by Crippen LogP contribution is -2.48. The van der Waals surface area contributed by atoms with Crippen LogP contribution in [0.4, 0.5) is 10.7 Å². The third-order valence-electron chi connectivity index (χ3n) is 5.29. The van der Waals surface area contributed by atoms with Gasteiger partial charge in [0.05, 0.1) is 25.3 Å². The molecular weight excluding hydrogens is 446 g/mol. The lowest BCUT2D eigenvalue weighted by atomic mass is 10.1. The molecule has 33 heavy (non-hydrogen) atoms. The summed E-state index contributed by atoms with van der Waals surface area (Å²) >= 11 is 1.02. The second-order valence-corrected chi connectivity index (χ2v) is 8.55. The summed E-state index contributed by atoms with van der Waals surface area (Å²) in [7, 11) is 0. The molecule has 1 aromatic carbocycles. The number of nitrogens with zero attached hydrogens (tertiary/aromatic N) is 2. The number of piperazine rings is 1. The molecule has 2 aromatic rings. The average Bonchev–Trinajstić information content (AvgIpc) is 3.11. The van der Waals surface area contributed by atoms with Crippen LogP contribution in [-0.4, -0.2) is 73.8 Å². The van der Waals surface area contributed by atoms with E-state index in [1.54, 1.807) is 32.9 Å². The third kappa shape index (κ3) is 6.02. The number of benzene rings is 1. The number of rotatable bonds is 8. The van der Waals surface area contributed by atoms with Crippen molar-refractivity contribution in [2.45, 2.75) is 20.8 Å². The van der Waals surface area contributed by atoms with E-state index >= 15 is 0 Å². The summed E-state index contributed by atoms with van der Waals surface area (Å²) in [5, 5.41) is 12.5. The van der Waals surface area contributed by atoms with Crippen LogP contribution in [0, 0.1) is 6.92 Å². The Kier molecular flexibility index (Phi) is 8.29. The number of hydrogen-bond donors (Lipinski definition) is 2. The van der Waals surface area contributed by atoms with Crippen LogP contribution in [0.25, 0.3) is 0 Å². The fourth-order valence-electron chi connectivity index (χ4n) is 3.64. The quantitative estimate of drug-likeness (QED) is 0.561. The number of hydrogen-bond acceptors (Lipinski definition) is 9. The molecule has 0 aliphatic carbocycles. The number of thiophene rings is 1. The van der Waals surface area contributed by atoms with Gasteiger partial charge in [0.2, 0.25) is 5.91 Å². The van der Waals surface area contributed by atoms with E-state index in [1.165, 1.54) is 0 Å². The van der Waals surface area contributed by atoms with E-state index in [0.717, 1.165) is 30.1 Å². The Balaban J connectivity index is 1.64. The van der Waals surface area contributed by atoms with Crippen LogP contribution in [0.1, 0.15) is 39.4 Å². The molecule has 1 aliphatic rings. The average molecular weight is 476 g/mol. The van der Waals surface area contributed by atoms with Gasteiger partial charge in [-0.15, -0.1) is 11.3 Å². The Morgan fingerprint density at radius 1 is 1.00 bits per heavy atom. The minimum Gasteiger partial charge on any atom is -0.508 e. The van der Waals surface area contributed by atoms with Crippen molar-refractivity contribution in [3.8, 4) is 5.75 Å². The van der Waals surface area contributed by atoms with Crippen LogP contribution >= 0.6 is 11.3 Å². The Bertz CT molecular complexity index is 996. The molecule has 9 nitrogen and oxygen atoms in total. The second kappa shape index (κ2) is 11.2. The maximum atomic E-state index is 12.8. The van der Waals surface area contributed by atoms with Gasteiger partial charge in [-0.1, -0.05) is 0 Å². The number of anilines is 2. The van der Waals surface area contributed by atoms with Crippen molar-refractivity contribution in [3.63, 3.8) is 0 Å². The van der Waals surface area contributed by atoms with Crippen molar-refractivity contribution in [2.75, 3.05) is 56.2 Å². The minimum absolute atomic E-state index is 0.164. The summed E-state index contributed by atoms with van der Waals surface area (Å²) in [4.78, 5) is 42.0. The standard InChI is InChI=1S/C23H29N3O6S/c1-4-31-22(29)19-15(3)20(23(30)32-5-2)33-21(19)24-18(28)14-25-10-12-26(13-11-25)16-6-8-17(27)9-7-16/h6-9,27H,4-5,10-14H2,1-3H3,(H,24,28).